The molecule has 0 aliphatic heterocycles. The van der Waals surface area contributed by atoms with Gasteiger partial charge in [-0.1, -0.05) is 12.1 Å². The highest BCUT2D eigenvalue weighted by molar-refractivity contribution is 5.79. The number of carbonyl (C=O) groups is 2. The molecule has 7 heteroatoms. The number of rotatable bonds is 9. The summed E-state index contributed by atoms with van der Waals surface area (Å²) in [6.45, 7) is 0.436. The first-order valence-corrected chi connectivity index (χ1v) is 8.11. The molecular weight excluding hydrogens is 339 g/mol. The molecule has 0 heterocycles. The van der Waals surface area contributed by atoms with Crippen molar-refractivity contribution in [3.8, 4) is 11.5 Å². The van der Waals surface area contributed by atoms with Crippen molar-refractivity contribution in [2.75, 3.05) is 26.8 Å². The van der Waals surface area contributed by atoms with Crippen molar-refractivity contribution in [3.05, 3.63) is 59.9 Å². The first kappa shape index (κ1) is 19.2. The van der Waals surface area contributed by atoms with E-state index in [1.807, 2.05) is 0 Å². The number of carbonyl (C=O) groups excluding carboxylic acids is 2. The largest absolute Gasteiger partial charge is 0.497 e. The molecule has 0 bridgehead atoms. The van der Waals surface area contributed by atoms with Crippen LogP contribution in [0.15, 0.2) is 48.5 Å². The van der Waals surface area contributed by atoms with Crippen LogP contribution < -0.4 is 20.1 Å². The summed E-state index contributed by atoms with van der Waals surface area (Å²) in [6, 6.07) is 12.8. The third kappa shape index (κ3) is 6.80. The van der Waals surface area contributed by atoms with E-state index >= 15 is 0 Å². The molecule has 0 radical (unpaired) electrons. The Hall–Kier alpha value is -3.09. The molecule has 2 rings (SSSR count). The van der Waals surface area contributed by atoms with Crippen molar-refractivity contribution >= 4 is 11.8 Å². The Kier molecular flexibility index (Phi) is 7.42. The van der Waals surface area contributed by atoms with E-state index in [9.17, 15) is 14.0 Å². The van der Waals surface area contributed by atoms with Gasteiger partial charge in [0.2, 0.25) is 5.91 Å². The van der Waals surface area contributed by atoms with Gasteiger partial charge >= 0.3 is 0 Å². The molecule has 6 nitrogen and oxygen atoms in total. The Bertz CT molecular complexity index is 735. The highest BCUT2D eigenvalue weighted by Crippen LogP contribution is 2.16. The van der Waals surface area contributed by atoms with Gasteiger partial charge in [0, 0.05) is 13.1 Å². The van der Waals surface area contributed by atoms with E-state index in [0.29, 0.717) is 17.1 Å². The van der Waals surface area contributed by atoms with Gasteiger partial charge in [-0.2, -0.15) is 0 Å². The minimum absolute atomic E-state index is 0.0896. The van der Waals surface area contributed by atoms with Crippen LogP contribution in [0.3, 0.4) is 0 Å². The van der Waals surface area contributed by atoms with E-state index < -0.39 is 0 Å². The van der Waals surface area contributed by atoms with Crippen LogP contribution in [0.25, 0.3) is 0 Å². The lowest BCUT2D eigenvalue weighted by atomic mass is 10.1. The number of nitrogens with one attached hydrogen (secondary N) is 2. The maximum atomic E-state index is 13.0. The van der Waals surface area contributed by atoms with E-state index in [0.717, 1.165) is 0 Å². The molecule has 138 valence electrons. The molecular formula is C19H21FN2O4. The zero-order valence-corrected chi connectivity index (χ0v) is 14.5. The lowest BCUT2D eigenvalue weighted by molar-refractivity contribution is -0.124. The maximum absolute atomic E-state index is 13.0. The summed E-state index contributed by atoms with van der Waals surface area (Å²) >= 11 is 0. The average molecular weight is 360 g/mol. The predicted molar refractivity (Wildman–Crippen MR) is 94.6 cm³/mol. The van der Waals surface area contributed by atoms with Gasteiger partial charge in [0.1, 0.15) is 17.3 Å². The van der Waals surface area contributed by atoms with Crippen molar-refractivity contribution in [2.45, 2.75) is 6.42 Å². The number of ether oxygens (including phenoxy) is 2. The standard InChI is InChI=1S/C19H21FN2O4/c1-25-16-5-7-17(8-6-16)26-13-19(24)22-10-9-21-18(23)12-14-3-2-4-15(20)11-14/h2-8,11H,9-10,12-13H2,1H3,(H,21,23)(H,22,24). The number of hydrogen-bond donors (Lipinski definition) is 2. The van der Waals surface area contributed by atoms with E-state index in [2.05, 4.69) is 10.6 Å². The molecule has 0 atom stereocenters. The van der Waals surface area contributed by atoms with Gasteiger partial charge in [-0.25, -0.2) is 4.39 Å². The van der Waals surface area contributed by atoms with E-state index in [4.69, 9.17) is 9.47 Å². The number of hydrogen-bond acceptors (Lipinski definition) is 4. The molecule has 0 saturated carbocycles. The van der Waals surface area contributed by atoms with E-state index in [1.54, 1.807) is 43.5 Å². The fourth-order valence-corrected chi connectivity index (χ4v) is 2.17. The SMILES string of the molecule is COc1ccc(OCC(=O)NCCNC(=O)Cc2cccc(F)c2)cc1. The van der Waals surface area contributed by atoms with Crippen LogP contribution in [0.4, 0.5) is 4.39 Å². The van der Waals surface area contributed by atoms with Crippen LogP contribution in [0.2, 0.25) is 0 Å². The molecule has 0 unspecified atom stereocenters. The van der Waals surface area contributed by atoms with E-state index in [-0.39, 0.29) is 43.7 Å². The minimum Gasteiger partial charge on any atom is -0.497 e. The second-order valence-corrected chi connectivity index (χ2v) is 5.47. The van der Waals surface area contributed by atoms with Gasteiger partial charge in [-0.3, -0.25) is 9.59 Å². The molecule has 0 spiro atoms. The molecule has 2 aromatic carbocycles. The van der Waals surface area contributed by atoms with Crippen molar-refractivity contribution in [1.29, 1.82) is 0 Å². The fourth-order valence-electron chi connectivity index (χ4n) is 2.17. The number of methoxy groups -OCH3 is 1. The summed E-state index contributed by atoms with van der Waals surface area (Å²) in [4.78, 5) is 23.4. The number of benzene rings is 2. The van der Waals surface area contributed by atoms with Gasteiger partial charge in [0.25, 0.3) is 5.91 Å². The first-order valence-electron chi connectivity index (χ1n) is 8.11. The lowest BCUT2D eigenvalue weighted by Gasteiger charge is -2.09. The van der Waals surface area contributed by atoms with Gasteiger partial charge in [0.05, 0.1) is 13.5 Å². The minimum atomic E-state index is -0.376. The quantitative estimate of drug-likeness (QED) is 0.667. The highest BCUT2D eigenvalue weighted by atomic mass is 19.1. The lowest BCUT2D eigenvalue weighted by Crippen LogP contribution is -2.37. The van der Waals surface area contributed by atoms with Crippen molar-refractivity contribution in [2.24, 2.45) is 0 Å². The molecule has 0 saturated heterocycles. The molecule has 26 heavy (non-hydrogen) atoms. The molecule has 2 amide bonds. The Morgan fingerprint density at radius 3 is 2.27 bits per heavy atom. The molecule has 0 aliphatic carbocycles. The Labute approximate surface area is 151 Å². The molecule has 2 N–H and O–H groups in total. The molecule has 0 fully saturated rings. The maximum Gasteiger partial charge on any atom is 0.258 e. The van der Waals surface area contributed by atoms with Crippen LogP contribution in [-0.2, 0) is 16.0 Å². The molecule has 2 aromatic rings. The normalized spacial score (nSPS) is 10.1. The monoisotopic (exact) mass is 360 g/mol. The average Bonchev–Trinajstić information content (AvgIpc) is 2.64. The molecule has 0 aliphatic rings. The van der Waals surface area contributed by atoms with Crippen molar-refractivity contribution in [1.82, 2.24) is 10.6 Å². The van der Waals surface area contributed by atoms with Gasteiger partial charge < -0.3 is 20.1 Å². The van der Waals surface area contributed by atoms with Crippen LogP contribution in [0, 0.1) is 5.82 Å². The van der Waals surface area contributed by atoms with Crippen LogP contribution in [0.1, 0.15) is 5.56 Å². The zero-order valence-electron chi connectivity index (χ0n) is 14.5. The third-order valence-corrected chi connectivity index (χ3v) is 3.45. The second-order valence-electron chi connectivity index (χ2n) is 5.47. The van der Waals surface area contributed by atoms with Crippen LogP contribution in [-0.4, -0.2) is 38.6 Å². The predicted octanol–water partition coefficient (Wildman–Crippen LogP) is 1.69. The zero-order chi connectivity index (χ0) is 18.8. The third-order valence-electron chi connectivity index (χ3n) is 3.45. The van der Waals surface area contributed by atoms with Gasteiger partial charge in [-0.15, -0.1) is 0 Å². The number of amides is 2. The smallest absolute Gasteiger partial charge is 0.258 e. The summed E-state index contributed by atoms with van der Waals surface area (Å²) in [7, 11) is 1.57. The van der Waals surface area contributed by atoms with Crippen LogP contribution >= 0.6 is 0 Å². The first-order chi connectivity index (χ1) is 12.6. The summed E-state index contributed by atoms with van der Waals surface area (Å²) in [5.41, 5.74) is 0.597. The topological polar surface area (TPSA) is 76.7 Å². The molecule has 0 aromatic heterocycles. The Morgan fingerprint density at radius 2 is 1.62 bits per heavy atom. The number of halogens is 1. The van der Waals surface area contributed by atoms with Gasteiger partial charge in [-0.05, 0) is 42.0 Å². The van der Waals surface area contributed by atoms with Crippen molar-refractivity contribution in [3.63, 3.8) is 0 Å². The Morgan fingerprint density at radius 1 is 0.962 bits per heavy atom. The van der Waals surface area contributed by atoms with Gasteiger partial charge in [0.15, 0.2) is 6.61 Å². The summed E-state index contributed by atoms with van der Waals surface area (Å²) in [6.07, 6.45) is 0.0896. The van der Waals surface area contributed by atoms with Crippen molar-refractivity contribution < 1.29 is 23.5 Å². The van der Waals surface area contributed by atoms with E-state index in [1.165, 1.54) is 12.1 Å². The fraction of sp³-hybridized carbons (Fsp3) is 0.263. The summed E-state index contributed by atoms with van der Waals surface area (Å²) in [5, 5.41) is 5.30. The summed E-state index contributed by atoms with van der Waals surface area (Å²) < 4.78 is 23.4. The summed E-state index contributed by atoms with van der Waals surface area (Å²) in [5.74, 6) is 0.360. The second kappa shape index (κ2) is 10.0. The Balaban J connectivity index is 1.59. The highest BCUT2D eigenvalue weighted by Gasteiger charge is 2.05. The van der Waals surface area contributed by atoms with Crippen LogP contribution in [0.5, 0.6) is 11.5 Å².